The van der Waals surface area contributed by atoms with Crippen LogP contribution in [0.2, 0.25) is 0 Å². The molecule has 1 amide bonds. The highest BCUT2D eigenvalue weighted by Gasteiger charge is 2.40. The van der Waals surface area contributed by atoms with Gasteiger partial charge in [0.15, 0.2) is 0 Å². The average molecular weight is 606 g/mol. The van der Waals surface area contributed by atoms with E-state index < -0.39 is 27.7 Å². The number of nitrogens with two attached hydrogens (primary N) is 2. The summed E-state index contributed by atoms with van der Waals surface area (Å²) in [6.07, 6.45) is -0.791. The Morgan fingerprint density at radius 1 is 0.905 bits per heavy atom. The van der Waals surface area contributed by atoms with Crippen LogP contribution in [0.1, 0.15) is 37.7 Å². The number of alkyl halides is 3. The van der Waals surface area contributed by atoms with Gasteiger partial charge in [-0.15, -0.1) is 0 Å². The molecule has 42 heavy (non-hydrogen) atoms. The van der Waals surface area contributed by atoms with Gasteiger partial charge >= 0.3 is 12.1 Å². The Labute approximate surface area is 240 Å². The Hall–Kier alpha value is -4.43. The van der Waals surface area contributed by atoms with Crippen LogP contribution in [0.5, 0.6) is 0 Å². The van der Waals surface area contributed by atoms with Crippen molar-refractivity contribution in [2.75, 3.05) is 10.6 Å². The summed E-state index contributed by atoms with van der Waals surface area (Å²) in [5.41, 5.74) is 7.97. The molecule has 0 atom stereocenters. The number of halogens is 3. The summed E-state index contributed by atoms with van der Waals surface area (Å²) in [5.74, 6) is -2.92. The first-order chi connectivity index (χ1) is 19.6. The molecule has 0 spiro atoms. The van der Waals surface area contributed by atoms with E-state index in [1.807, 2.05) is 12.1 Å². The second kappa shape index (κ2) is 13.0. The highest BCUT2D eigenvalue weighted by molar-refractivity contribution is 7.89. The Kier molecular flexibility index (Phi) is 9.96. The van der Waals surface area contributed by atoms with Crippen molar-refractivity contribution in [1.82, 2.24) is 0 Å². The van der Waals surface area contributed by atoms with Crippen LogP contribution in [-0.2, 0) is 19.6 Å². The number of primary sulfonamides is 1. The van der Waals surface area contributed by atoms with Gasteiger partial charge in [-0.25, -0.2) is 18.4 Å². The predicted octanol–water partition coefficient (Wildman–Crippen LogP) is 4.67. The van der Waals surface area contributed by atoms with Gasteiger partial charge in [-0.2, -0.15) is 13.2 Å². The number of sulfonamides is 1. The van der Waals surface area contributed by atoms with Gasteiger partial charge in [0.25, 0.3) is 0 Å². The maximum Gasteiger partial charge on any atom is 0.490 e. The lowest BCUT2D eigenvalue weighted by atomic mass is 9.80. The van der Waals surface area contributed by atoms with Crippen molar-refractivity contribution in [2.24, 2.45) is 10.9 Å². The number of nitrogens with one attached hydrogen (secondary N) is 3. The topological polar surface area (TPSA) is 188 Å². The largest absolute Gasteiger partial charge is 0.490 e. The number of carbonyl (C=O) groups excluding carboxylic acids is 1. The third-order valence-corrected chi connectivity index (χ3v) is 7.56. The Morgan fingerprint density at radius 2 is 1.50 bits per heavy atom. The van der Waals surface area contributed by atoms with Crippen molar-refractivity contribution in [3.05, 3.63) is 78.4 Å². The number of aliphatic carboxylic acids is 1. The number of nitrogen functional groups attached to an aromatic ring is 1. The quantitative estimate of drug-likeness (QED) is 0.167. The molecule has 8 N–H and O–H groups in total. The first-order valence-corrected chi connectivity index (χ1v) is 14.2. The zero-order valence-corrected chi connectivity index (χ0v) is 23.1. The second-order valence-corrected chi connectivity index (χ2v) is 11.2. The van der Waals surface area contributed by atoms with E-state index in [1.54, 1.807) is 54.6 Å². The van der Waals surface area contributed by atoms with Crippen LogP contribution < -0.4 is 21.5 Å². The minimum absolute atomic E-state index is 0.0279. The number of carboxylic acids is 1. The first-order valence-electron chi connectivity index (χ1n) is 12.7. The molecule has 0 heterocycles. The lowest BCUT2D eigenvalue weighted by molar-refractivity contribution is -0.192. The van der Waals surface area contributed by atoms with E-state index in [-0.39, 0.29) is 16.6 Å². The lowest BCUT2D eigenvalue weighted by Crippen LogP contribution is -2.51. The summed E-state index contributed by atoms with van der Waals surface area (Å²) >= 11 is 0. The molecule has 0 bridgehead atoms. The maximum atomic E-state index is 13.5. The molecule has 14 heteroatoms. The second-order valence-electron chi connectivity index (χ2n) is 9.64. The van der Waals surface area contributed by atoms with Crippen molar-refractivity contribution in [1.29, 1.82) is 5.41 Å². The average Bonchev–Trinajstić information content (AvgIpc) is 2.93. The van der Waals surface area contributed by atoms with E-state index in [0.717, 1.165) is 24.9 Å². The van der Waals surface area contributed by atoms with Gasteiger partial charge in [-0.05, 0) is 48.7 Å². The van der Waals surface area contributed by atoms with Crippen LogP contribution in [0.3, 0.4) is 0 Å². The molecule has 0 aromatic heterocycles. The number of hydrogen-bond donors (Lipinski definition) is 6. The fourth-order valence-corrected chi connectivity index (χ4v) is 5.30. The molecule has 3 aromatic carbocycles. The Balaban J connectivity index is 0.000000616. The molecule has 1 aliphatic carbocycles. The van der Waals surface area contributed by atoms with Crippen molar-refractivity contribution in [3.63, 3.8) is 0 Å². The van der Waals surface area contributed by atoms with Crippen LogP contribution in [0, 0.1) is 5.41 Å². The van der Waals surface area contributed by atoms with Gasteiger partial charge in [-0.3, -0.25) is 10.2 Å². The molecule has 0 radical (unpaired) electrons. The van der Waals surface area contributed by atoms with E-state index in [0.29, 0.717) is 35.2 Å². The van der Waals surface area contributed by atoms with Gasteiger partial charge in [-0.1, -0.05) is 61.7 Å². The summed E-state index contributed by atoms with van der Waals surface area (Å²) in [6.45, 7) is 0. The van der Waals surface area contributed by atoms with Gasteiger partial charge in [0, 0.05) is 22.5 Å². The fraction of sp³-hybridized carbons (Fsp3) is 0.250. The molecule has 1 aliphatic rings. The number of benzene rings is 3. The van der Waals surface area contributed by atoms with Crippen molar-refractivity contribution in [3.8, 4) is 11.1 Å². The van der Waals surface area contributed by atoms with Crippen LogP contribution >= 0.6 is 0 Å². The molecule has 4 rings (SSSR count). The van der Waals surface area contributed by atoms with Gasteiger partial charge in [0.1, 0.15) is 11.4 Å². The molecule has 0 saturated heterocycles. The van der Waals surface area contributed by atoms with E-state index in [4.69, 9.17) is 26.2 Å². The third kappa shape index (κ3) is 8.30. The number of anilines is 2. The summed E-state index contributed by atoms with van der Waals surface area (Å²) in [7, 11) is -3.87. The Morgan fingerprint density at radius 3 is 2.05 bits per heavy atom. The first kappa shape index (κ1) is 32.1. The minimum Gasteiger partial charge on any atom is -0.475 e. The molecule has 1 saturated carbocycles. The highest BCUT2D eigenvalue weighted by Crippen LogP contribution is 2.34. The molecule has 0 aliphatic heterocycles. The van der Waals surface area contributed by atoms with E-state index in [2.05, 4.69) is 10.6 Å². The molecule has 224 valence electrons. The summed E-state index contributed by atoms with van der Waals surface area (Å²) in [4.78, 5) is 22.5. The van der Waals surface area contributed by atoms with Gasteiger partial charge < -0.3 is 21.5 Å². The monoisotopic (exact) mass is 605 g/mol. The van der Waals surface area contributed by atoms with Crippen molar-refractivity contribution >= 4 is 39.1 Å². The molecule has 0 unspecified atom stereocenters. The minimum atomic E-state index is -5.08. The number of amides is 1. The van der Waals surface area contributed by atoms with E-state index in [9.17, 15) is 26.4 Å². The third-order valence-electron chi connectivity index (χ3n) is 6.59. The molecule has 1 fully saturated rings. The van der Waals surface area contributed by atoms with E-state index >= 15 is 0 Å². The van der Waals surface area contributed by atoms with Crippen molar-refractivity contribution in [2.45, 2.75) is 48.7 Å². The van der Waals surface area contributed by atoms with Crippen LogP contribution in [-0.4, -0.2) is 43.0 Å². The zero-order chi connectivity index (χ0) is 31.1. The number of carbonyl (C=O) groups is 2. The number of amidine groups is 1. The van der Waals surface area contributed by atoms with Crippen molar-refractivity contribution < 1.29 is 36.3 Å². The molecule has 10 nitrogen and oxygen atoms in total. The normalized spacial score (nSPS) is 14.6. The maximum absolute atomic E-state index is 13.5. The summed E-state index contributed by atoms with van der Waals surface area (Å²) in [5, 5.41) is 26.6. The summed E-state index contributed by atoms with van der Waals surface area (Å²) in [6, 6.07) is 20.8. The fourth-order valence-electron chi connectivity index (χ4n) is 4.54. The number of hydrogen-bond acceptors (Lipinski definition) is 6. The predicted molar refractivity (Wildman–Crippen MR) is 152 cm³/mol. The number of rotatable bonds is 7. The summed E-state index contributed by atoms with van der Waals surface area (Å²) < 4.78 is 55.6. The van der Waals surface area contributed by atoms with Crippen LogP contribution in [0.4, 0.5) is 24.5 Å². The van der Waals surface area contributed by atoms with Gasteiger partial charge in [0.05, 0.1) is 4.90 Å². The highest BCUT2D eigenvalue weighted by atomic mass is 32.2. The van der Waals surface area contributed by atoms with Crippen LogP contribution in [0.25, 0.3) is 11.1 Å². The lowest BCUT2D eigenvalue weighted by Gasteiger charge is -2.37. The SMILES string of the molecule is N=C(N)c1cccc(NC2(C(=O)Nc3ccc(-c4ccccc4S(N)(=O)=O)cc3)CCCCC2)c1.O=C(O)C(F)(F)F. The smallest absolute Gasteiger partial charge is 0.475 e. The molecule has 3 aromatic rings. The Bertz CT molecular complexity index is 1550. The standard InChI is InChI=1S/C26H29N5O3S.C2HF3O2/c27-24(28)19-7-6-8-21(17-19)31-26(15-4-1-5-16-26)25(32)30-20-13-11-18(12-14-20)22-9-2-3-10-23(22)35(29,33)34;3-2(4,5)1(6)7/h2-3,6-14,17,31H,1,4-5,15-16H2,(H3,27,28)(H,30,32)(H2,29,33,34);(H,6,7). The van der Waals surface area contributed by atoms with Gasteiger partial charge in [0.2, 0.25) is 15.9 Å². The molecular weight excluding hydrogens is 575 g/mol. The molecular formula is C28H30F3N5O5S. The van der Waals surface area contributed by atoms with Crippen LogP contribution in [0.15, 0.2) is 77.7 Å². The van der Waals surface area contributed by atoms with E-state index in [1.165, 1.54) is 6.07 Å². The zero-order valence-electron chi connectivity index (χ0n) is 22.2. The number of carboxylic acid groups (broad SMARTS) is 1.